The van der Waals surface area contributed by atoms with Gasteiger partial charge in [-0.25, -0.2) is 0 Å². The van der Waals surface area contributed by atoms with E-state index in [9.17, 15) is 8.42 Å². The molecule has 16 heavy (non-hydrogen) atoms. The molecule has 0 spiro atoms. The van der Waals surface area contributed by atoms with Crippen LogP contribution in [0.15, 0.2) is 47.4 Å². The van der Waals surface area contributed by atoms with E-state index < -0.39 is 10.1 Å². The van der Waals surface area contributed by atoms with E-state index in [1.165, 1.54) is 6.07 Å². The molecule has 3 N–H and O–H groups in total. The van der Waals surface area contributed by atoms with Crippen molar-refractivity contribution in [2.24, 2.45) is 0 Å². The predicted molar refractivity (Wildman–Crippen MR) is 57.6 cm³/mol. The summed E-state index contributed by atoms with van der Waals surface area (Å²) in [6.45, 7) is 0. The zero-order valence-corrected chi connectivity index (χ0v) is 11.5. The Labute approximate surface area is 117 Å². The van der Waals surface area contributed by atoms with Crippen molar-refractivity contribution < 1.29 is 49.4 Å². The molecule has 6 heteroatoms. The molecule has 0 heterocycles. The number of rotatable bonds is 1. The molecule has 2 rings (SSSR count). The van der Waals surface area contributed by atoms with Crippen molar-refractivity contribution in [2.75, 3.05) is 0 Å². The minimum atomic E-state index is -4.12. The average molecular weight is 250 g/mol. The monoisotopic (exact) mass is 250 g/mol. The van der Waals surface area contributed by atoms with Crippen LogP contribution < -0.4 is 29.6 Å². The summed E-state index contributed by atoms with van der Waals surface area (Å²) >= 11 is 0. The van der Waals surface area contributed by atoms with Gasteiger partial charge in [0.25, 0.3) is 10.1 Å². The Kier molecular flexibility index (Phi) is 5.61. The van der Waals surface area contributed by atoms with E-state index in [2.05, 4.69) is 0 Å². The van der Waals surface area contributed by atoms with Gasteiger partial charge in [-0.2, -0.15) is 8.42 Å². The summed E-state index contributed by atoms with van der Waals surface area (Å²) < 4.78 is 30.9. The van der Waals surface area contributed by atoms with Gasteiger partial charge in [0.2, 0.25) is 0 Å². The Bertz CT molecular complexity index is 544. The van der Waals surface area contributed by atoms with Crippen molar-refractivity contribution >= 4 is 10.1 Å². The summed E-state index contributed by atoms with van der Waals surface area (Å²) in [5.41, 5.74) is 1.33. The molecule has 0 aliphatic heterocycles. The zero-order valence-electron chi connectivity index (χ0n) is 9.71. The van der Waals surface area contributed by atoms with Gasteiger partial charge in [-0.3, -0.25) is 4.55 Å². The Morgan fingerprint density at radius 3 is 2.25 bits per heavy atom. The van der Waals surface area contributed by atoms with Gasteiger partial charge < -0.3 is 6.90 Å². The third-order valence-corrected chi connectivity index (χ3v) is 2.94. The van der Waals surface area contributed by atoms with E-state index in [1.807, 2.05) is 6.07 Å². The van der Waals surface area contributed by atoms with Crippen LogP contribution in [0.3, 0.4) is 0 Å². The second-order valence-corrected chi connectivity index (χ2v) is 4.34. The van der Waals surface area contributed by atoms with Crippen LogP contribution in [0.25, 0.3) is 11.1 Å². The molecule has 0 bridgehead atoms. The fourth-order valence-corrected chi connectivity index (χ4v) is 2.11. The van der Waals surface area contributed by atoms with Crippen LogP contribution in [0.4, 0.5) is 0 Å². The van der Waals surface area contributed by atoms with E-state index in [4.69, 9.17) is 4.55 Å². The minimum Gasteiger partial charge on any atom is -1.00 e. The van der Waals surface area contributed by atoms with E-state index in [0.29, 0.717) is 5.56 Å². The van der Waals surface area contributed by atoms with Gasteiger partial charge in [0, 0.05) is 5.56 Å². The Hall–Kier alpha value is -0.430. The Balaban J connectivity index is 0. The molecule has 0 fully saturated rings. The normalized spacial score (nSPS) is 10.3. The largest absolute Gasteiger partial charge is 1.00 e. The minimum absolute atomic E-state index is 0. The maximum absolute atomic E-state index is 11.0. The van der Waals surface area contributed by atoms with Crippen LogP contribution in [-0.2, 0) is 10.1 Å². The molecule has 0 saturated carbocycles. The molecule has 0 atom stereocenters. The first-order chi connectivity index (χ1) is 6.59. The quantitative estimate of drug-likeness (QED) is 0.485. The Morgan fingerprint density at radius 1 is 1.00 bits per heavy atom. The number of fused-ring (bicyclic) bond motifs is 1. The molecular formula is C10H11NaO4S. The van der Waals surface area contributed by atoms with Crippen molar-refractivity contribution in [3.8, 4) is 11.1 Å². The molecule has 0 aromatic rings. The third kappa shape index (κ3) is 3.04. The molecule has 2 aliphatic carbocycles. The summed E-state index contributed by atoms with van der Waals surface area (Å²) in [5, 5.41) is 0. The van der Waals surface area contributed by atoms with Gasteiger partial charge in [0.05, 0.1) is 0 Å². The molecular weight excluding hydrogens is 239 g/mol. The van der Waals surface area contributed by atoms with E-state index in [-0.39, 0.29) is 41.4 Å². The van der Waals surface area contributed by atoms with E-state index in [1.54, 1.807) is 30.3 Å². The maximum atomic E-state index is 11.0. The number of hydrogen-bond acceptors (Lipinski definition) is 2. The first-order valence-electron chi connectivity index (χ1n) is 4.04. The first kappa shape index (κ1) is 15.6. The van der Waals surface area contributed by atoms with Gasteiger partial charge in [0.15, 0.2) is 0 Å². The second-order valence-electron chi connectivity index (χ2n) is 2.95. The molecule has 0 aromatic carbocycles. The summed E-state index contributed by atoms with van der Waals surface area (Å²) in [4.78, 5) is -0.0382. The van der Waals surface area contributed by atoms with Crippen molar-refractivity contribution in [1.82, 2.24) is 0 Å². The summed E-state index contributed by atoms with van der Waals surface area (Å²) in [7, 11) is -4.12. The topological polar surface area (TPSA) is 85.9 Å². The van der Waals surface area contributed by atoms with Crippen LogP contribution in [0.1, 0.15) is 1.43 Å². The van der Waals surface area contributed by atoms with Gasteiger partial charge in [-0.1, -0.05) is 36.4 Å². The molecule has 2 aliphatic rings. The predicted octanol–water partition coefficient (Wildman–Crippen LogP) is -1.67. The van der Waals surface area contributed by atoms with Crippen LogP contribution in [0.2, 0.25) is 0 Å². The van der Waals surface area contributed by atoms with Crippen LogP contribution in [0, 0.1) is 0 Å². The second kappa shape index (κ2) is 5.77. The standard InChI is InChI=1S/C10H8O3S.Na.H2O.H/c11-14(12,13)10-7-6-8-4-2-1-3-5-9(8)10;;;/h1-7H,(H,11,12,13);;1H2;/q;+1;;-1. The molecule has 0 saturated heterocycles. The summed E-state index contributed by atoms with van der Waals surface area (Å²) in [6.07, 6.45) is 0. The molecule has 0 amide bonds. The first-order valence-corrected chi connectivity index (χ1v) is 5.48. The van der Waals surface area contributed by atoms with E-state index >= 15 is 0 Å². The maximum Gasteiger partial charge on any atom is 1.00 e. The van der Waals surface area contributed by atoms with Crippen LogP contribution >= 0.6 is 0 Å². The number of hydrogen-bond donors (Lipinski definition) is 1. The summed E-state index contributed by atoms with van der Waals surface area (Å²) in [5.74, 6) is 0. The summed E-state index contributed by atoms with van der Waals surface area (Å²) in [6, 6.07) is 11.9. The third-order valence-electron chi connectivity index (χ3n) is 2.03. The van der Waals surface area contributed by atoms with Crippen LogP contribution in [-0.4, -0.2) is 18.4 Å². The molecule has 0 unspecified atom stereocenters. The van der Waals surface area contributed by atoms with Crippen LogP contribution in [0.5, 0.6) is 0 Å². The average Bonchev–Trinajstić information content (AvgIpc) is 2.36. The van der Waals surface area contributed by atoms with E-state index in [0.717, 1.165) is 5.56 Å². The SMILES string of the molecule is O.O=S(=O)(O)c1ccc2cccccc1-2.[H-].[Na+]. The zero-order chi connectivity index (χ0) is 10.2. The van der Waals surface area contributed by atoms with Gasteiger partial charge >= 0.3 is 29.6 Å². The molecule has 4 nitrogen and oxygen atoms in total. The van der Waals surface area contributed by atoms with Crippen molar-refractivity contribution in [2.45, 2.75) is 4.90 Å². The smallest absolute Gasteiger partial charge is 1.00 e. The fourth-order valence-electron chi connectivity index (χ4n) is 1.41. The van der Waals surface area contributed by atoms with Gasteiger partial charge in [-0.05, 0) is 11.6 Å². The Morgan fingerprint density at radius 2 is 1.62 bits per heavy atom. The molecule has 0 aromatic heterocycles. The molecule has 82 valence electrons. The fraction of sp³-hybridized carbons (Fsp3) is 0. The van der Waals surface area contributed by atoms with Crippen molar-refractivity contribution in [3.05, 3.63) is 42.5 Å². The van der Waals surface area contributed by atoms with Crippen molar-refractivity contribution in [3.63, 3.8) is 0 Å². The van der Waals surface area contributed by atoms with Crippen molar-refractivity contribution in [1.29, 1.82) is 0 Å². The molecule has 0 radical (unpaired) electrons. The van der Waals surface area contributed by atoms with Gasteiger partial charge in [-0.15, -0.1) is 0 Å². The van der Waals surface area contributed by atoms with Gasteiger partial charge in [0.1, 0.15) is 4.90 Å².